The number of thiophene rings is 1. The molecule has 0 aliphatic carbocycles. The summed E-state index contributed by atoms with van der Waals surface area (Å²) in [6.45, 7) is 6.55. The summed E-state index contributed by atoms with van der Waals surface area (Å²) in [7, 11) is 0. The number of halogens is 1. The van der Waals surface area contributed by atoms with Crippen LogP contribution in [0.1, 0.15) is 41.5 Å². The number of urea groups is 1. The Balaban J connectivity index is 1.23. The fourth-order valence-electron chi connectivity index (χ4n) is 5.38. The molecular formula is C29H33FN4O2S. The van der Waals surface area contributed by atoms with E-state index in [4.69, 9.17) is 0 Å². The van der Waals surface area contributed by atoms with E-state index in [0.717, 1.165) is 36.2 Å². The molecular weight excluding hydrogens is 487 g/mol. The van der Waals surface area contributed by atoms with Gasteiger partial charge in [-0.05, 0) is 72.2 Å². The van der Waals surface area contributed by atoms with Crippen LogP contribution in [0.15, 0.2) is 60.0 Å². The van der Waals surface area contributed by atoms with Crippen molar-refractivity contribution >= 4 is 29.0 Å². The Bertz CT molecular complexity index is 1260. The van der Waals surface area contributed by atoms with Gasteiger partial charge in [0.05, 0.1) is 12.6 Å². The number of nitrogens with one attached hydrogen (secondary N) is 1. The van der Waals surface area contributed by atoms with Gasteiger partial charge >= 0.3 is 6.03 Å². The van der Waals surface area contributed by atoms with Gasteiger partial charge in [-0.2, -0.15) is 0 Å². The lowest BCUT2D eigenvalue weighted by Crippen LogP contribution is -2.58. The van der Waals surface area contributed by atoms with E-state index in [2.05, 4.69) is 28.6 Å². The van der Waals surface area contributed by atoms with Crippen LogP contribution in [0.3, 0.4) is 0 Å². The number of fused-ring (bicyclic) bond motifs is 1. The highest BCUT2D eigenvalue weighted by Crippen LogP contribution is 2.37. The number of hydrogen-bond donors (Lipinski definition) is 1. The van der Waals surface area contributed by atoms with Gasteiger partial charge in [-0.3, -0.25) is 9.69 Å². The van der Waals surface area contributed by atoms with Crippen LogP contribution in [-0.2, 0) is 17.6 Å². The lowest BCUT2D eigenvalue weighted by molar-refractivity contribution is -0.135. The highest BCUT2D eigenvalue weighted by Gasteiger charge is 2.34. The molecule has 2 aliphatic rings. The molecule has 2 atom stereocenters. The average Bonchev–Trinajstić information content (AvgIpc) is 3.37. The van der Waals surface area contributed by atoms with Crippen LogP contribution in [0, 0.1) is 5.82 Å². The lowest BCUT2D eigenvalue weighted by atomic mass is 9.93. The average molecular weight is 521 g/mol. The van der Waals surface area contributed by atoms with Gasteiger partial charge in [0.25, 0.3) is 0 Å². The molecule has 1 aromatic heterocycles. The third kappa shape index (κ3) is 5.55. The zero-order valence-electron chi connectivity index (χ0n) is 21.3. The zero-order valence-corrected chi connectivity index (χ0v) is 22.1. The van der Waals surface area contributed by atoms with Crippen LogP contribution in [0.2, 0.25) is 0 Å². The first-order valence-electron chi connectivity index (χ1n) is 12.9. The van der Waals surface area contributed by atoms with Gasteiger partial charge in [0, 0.05) is 42.8 Å². The molecule has 0 unspecified atom stereocenters. The van der Waals surface area contributed by atoms with Crippen molar-refractivity contribution in [2.75, 3.05) is 38.0 Å². The largest absolute Gasteiger partial charge is 0.338 e. The number of piperazine rings is 1. The number of hydrogen-bond acceptors (Lipinski definition) is 4. The quantitative estimate of drug-likeness (QED) is 0.506. The van der Waals surface area contributed by atoms with E-state index in [9.17, 15) is 14.0 Å². The second-order valence-electron chi connectivity index (χ2n) is 9.84. The highest BCUT2D eigenvalue weighted by molar-refractivity contribution is 7.10. The third-order valence-corrected chi connectivity index (χ3v) is 8.42. The minimum atomic E-state index is -0.268. The molecule has 37 heavy (non-hydrogen) atoms. The molecule has 194 valence electrons. The van der Waals surface area contributed by atoms with Gasteiger partial charge in [0.2, 0.25) is 5.91 Å². The molecule has 5 rings (SSSR count). The maximum atomic E-state index is 14.1. The molecule has 0 bridgehead atoms. The molecule has 6 nitrogen and oxygen atoms in total. The Labute approximate surface area is 221 Å². The molecule has 0 radical (unpaired) electrons. The highest BCUT2D eigenvalue weighted by atomic mass is 32.1. The predicted octanol–water partition coefficient (Wildman–Crippen LogP) is 5.16. The fourth-order valence-corrected chi connectivity index (χ4v) is 6.29. The van der Waals surface area contributed by atoms with E-state index >= 15 is 0 Å². The molecule has 3 amide bonds. The summed E-state index contributed by atoms with van der Waals surface area (Å²) in [6.07, 6.45) is 1.84. The zero-order chi connectivity index (χ0) is 25.9. The molecule has 2 aliphatic heterocycles. The molecule has 1 N–H and O–H groups in total. The van der Waals surface area contributed by atoms with E-state index < -0.39 is 0 Å². The van der Waals surface area contributed by atoms with E-state index in [-0.39, 0.29) is 36.4 Å². The second-order valence-corrected chi connectivity index (χ2v) is 10.8. The molecule has 8 heteroatoms. The Morgan fingerprint density at radius 3 is 2.62 bits per heavy atom. The van der Waals surface area contributed by atoms with Crippen molar-refractivity contribution in [2.45, 2.75) is 38.8 Å². The number of amides is 3. The van der Waals surface area contributed by atoms with Crippen molar-refractivity contribution in [1.29, 1.82) is 0 Å². The predicted molar refractivity (Wildman–Crippen MR) is 145 cm³/mol. The Hall–Kier alpha value is -3.23. The SMILES string of the molecule is CCc1ccc(NC(=O)N2CCN(C(=O)CN3CCc4sccc4[C@H]3c3cccc(F)c3)C[C@H]2C)cc1. The standard InChI is InChI=1S/C29H33FN4O2S/c1-3-21-7-9-24(10-8-21)31-29(36)34-15-14-32(18-20(34)2)27(35)19-33-13-11-26-25(12-16-37-26)28(33)22-5-4-6-23(30)17-22/h4-10,12,16-17,20,28H,3,11,13-15,18-19H2,1-2H3,(H,31,36)/t20-,28-/m1/s1. The molecule has 2 aromatic carbocycles. The molecule has 1 fully saturated rings. The summed E-state index contributed by atoms with van der Waals surface area (Å²) >= 11 is 1.72. The number of nitrogens with zero attached hydrogens (tertiary/aromatic N) is 3. The molecule has 1 saturated heterocycles. The minimum Gasteiger partial charge on any atom is -0.338 e. The fraction of sp³-hybridized carbons (Fsp3) is 0.379. The van der Waals surface area contributed by atoms with Gasteiger partial charge in [0.1, 0.15) is 5.82 Å². The lowest BCUT2D eigenvalue weighted by Gasteiger charge is -2.41. The van der Waals surface area contributed by atoms with Crippen LogP contribution in [0.5, 0.6) is 0 Å². The van der Waals surface area contributed by atoms with Gasteiger partial charge in [-0.1, -0.05) is 31.2 Å². The maximum absolute atomic E-state index is 14.1. The van der Waals surface area contributed by atoms with Crippen molar-refractivity contribution < 1.29 is 14.0 Å². The summed E-state index contributed by atoms with van der Waals surface area (Å²) in [6, 6.07) is 16.3. The first-order valence-corrected chi connectivity index (χ1v) is 13.8. The summed E-state index contributed by atoms with van der Waals surface area (Å²) in [4.78, 5) is 33.5. The van der Waals surface area contributed by atoms with Gasteiger partial charge in [0.15, 0.2) is 0 Å². The molecule has 3 heterocycles. The first kappa shape index (κ1) is 25.4. The van der Waals surface area contributed by atoms with Gasteiger partial charge in [-0.15, -0.1) is 11.3 Å². The van der Waals surface area contributed by atoms with Crippen molar-refractivity contribution in [3.8, 4) is 0 Å². The van der Waals surface area contributed by atoms with E-state index in [1.165, 1.54) is 16.5 Å². The van der Waals surface area contributed by atoms with Crippen molar-refractivity contribution in [3.05, 3.63) is 87.4 Å². The van der Waals surface area contributed by atoms with Crippen molar-refractivity contribution in [1.82, 2.24) is 14.7 Å². The van der Waals surface area contributed by atoms with E-state index in [0.29, 0.717) is 19.6 Å². The van der Waals surface area contributed by atoms with Crippen LogP contribution < -0.4 is 5.32 Å². The van der Waals surface area contributed by atoms with E-state index in [1.807, 2.05) is 42.2 Å². The van der Waals surface area contributed by atoms with Gasteiger partial charge < -0.3 is 15.1 Å². The van der Waals surface area contributed by atoms with Gasteiger partial charge in [-0.25, -0.2) is 9.18 Å². The summed E-state index contributed by atoms with van der Waals surface area (Å²) in [5.41, 5.74) is 4.03. The third-order valence-electron chi connectivity index (χ3n) is 7.42. The number of benzene rings is 2. The monoisotopic (exact) mass is 520 g/mol. The topological polar surface area (TPSA) is 55.9 Å². The van der Waals surface area contributed by atoms with E-state index in [1.54, 1.807) is 28.4 Å². The van der Waals surface area contributed by atoms with Crippen LogP contribution in [-0.4, -0.2) is 65.4 Å². The summed E-state index contributed by atoms with van der Waals surface area (Å²) in [5.74, 6) is -0.224. The van der Waals surface area contributed by atoms with Crippen molar-refractivity contribution in [3.63, 3.8) is 0 Å². The van der Waals surface area contributed by atoms with Crippen LogP contribution in [0.4, 0.5) is 14.9 Å². The number of aryl methyl sites for hydroxylation is 1. The second kappa shape index (κ2) is 11.0. The smallest absolute Gasteiger partial charge is 0.322 e. The Morgan fingerprint density at radius 2 is 1.89 bits per heavy atom. The Kier molecular flexibility index (Phi) is 7.58. The molecule has 0 spiro atoms. The Morgan fingerprint density at radius 1 is 1.08 bits per heavy atom. The number of carbonyl (C=O) groups excluding carboxylic acids is 2. The number of rotatable bonds is 5. The maximum Gasteiger partial charge on any atom is 0.322 e. The molecule has 3 aromatic rings. The van der Waals surface area contributed by atoms with Crippen LogP contribution >= 0.6 is 11.3 Å². The summed E-state index contributed by atoms with van der Waals surface area (Å²) < 4.78 is 14.1. The van der Waals surface area contributed by atoms with Crippen LogP contribution in [0.25, 0.3) is 0 Å². The number of anilines is 1. The first-order chi connectivity index (χ1) is 17.9. The summed E-state index contributed by atoms with van der Waals surface area (Å²) in [5, 5.41) is 5.06. The number of carbonyl (C=O) groups is 2. The minimum absolute atomic E-state index is 0.0437. The normalized spacial score (nSPS) is 20.0. The van der Waals surface area contributed by atoms with Crippen molar-refractivity contribution in [2.24, 2.45) is 0 Å². The molecule has 0 saturated carbocycles.